The third kappa shape index (κ3) is 3.66. The quantitative estimate of drug-likeness (QED) is 0.878. The van der Waals surface area contributed by atoms with Crippen LogP contribution in [0.25, 0.3) is 0 Å². The lowest BCUT2D eigenvalue weighted by Gasteiger charge is -2.12. The SMILES string of the molecule is Cc1cnc(C(C)NS(=O)(=O)c2cccc(C(=O)O)c2)s1. The van der Waals surface area contributed by atoms with Gasteiger partial charge in [0.2, 0.25) is 10.0 Å². The Morgan fingerprint density at radius 1 is 1.43 bits per heavy atom. The fourth-order valence-corrected chi connectivity index (χ4v) is 3.82. The molecule has 0 bridgehead atoms. The third-order valence-corrected chi connectivity index (χ3v) is 5.37. The first-order valence-corrected chi connectivity index (χ1v) is 8.37. The summed E-state index contributed by atoms with van der Waals surface area (Å²) in [7, 11) is -3.80. The van der Waals surface area contributed by atoms with Gasteiger partial charge in [-0.1, -0.05) is 6.07 Å². The van der Waals surface area contributed by atoms with Crippen molar-refractivity contribution in [2.75, 3.05) is 0 Å². The molecule has 2 N–H and O–H groups in total. The Hall–Kier alpha value is -1.77. The zero-order chi connectivity index (χ0) is 15.6. The van der Waals surface area contributed by atoms with Gasteiger partial charge in [0.1, 0.15) is 5.01 Å². The predicted octanol–water partition coefficient (Wildman–Crippen LogP) is 2.19. The molecule has 21 heavy (non-hydrogen) atoms. The van der Waals surface area contributed by atoms with Crippen molar-refractivity contribution in [3.8, 4) is 0 Å². The number of carboxylic acid groups (broad SMARTS) is 1. The molecule has 0 aliphatic heterocycles. The van der Waals surface area contributed by atoms with E-state index in [0.29, 0.717) is 5.01 Å². The topological polar surface area (TPSA) is 96.4 Å². The molecule has 0 fully saturated rings. The van der Waals surface area contributed by atoms with Gasteiger partial charge in [-0.25, -0.2) is 22.9 Å². The van der Waals surface area contributed by atoms with Gasteiger partial charge in [-0.2, -0.15) is 0 Å². The van der Waals surface area contributed by atoms with E-state index in [-0.39, 0.29) is 10.5 Å². The molecule has 8 heteroatoms. The van der Waals surface area contributed by atoms with Crippen LogP contribution in [0.15, 0.2) is 35.4 Å². The second-order valence-electron chi connectivity index (χ2n) is 4.49. The van der Waals surface area contributed by atoms with Gasteiger partial charge in [0.05, 0.1) is 16.5 Å². The Balaban J connectivity index is 2.26. The van der Waals surface area contributed by atoms with Crippen molar-refractivity contribution in [2.45, 2.75) is 24.8 Å². The van der Waals surface area contributed by atoms with E-state index in [0.717, 1.165) is 10.9 Å². The molecule has 0 saturated carbocycles. The number of hydrogen-bond acceptors (Lipinski definition) is 5. The molecule has 0 amide bonds. The van der Waals surface area contributed by atoms with E-state index in [2.05, 4.69) is 9.71 Å². The summed E-state index contributed by atoms with van der Waals surface area (Å²) in [6, 6.07) is 4.74. The summed E-state index contributed by atoms with van der Waals surface area (Å²) in [6.45, 7) is 3.58. The highest BCUT2D eigenvalue weighted by molar-refractivity contribution is 7.89. The van der Waals surface area contributed by atoms with E-state index in [1.54, 1.807) is 13.1 Å². The van der Waals surface area contributed by atoms with Gasteiger partial charge in [0.15, 0.2) is 0 Å². The molecule has 112 valence electrons. The van der Waals surface area contributed by atoms with Crippen LogP contribution in [0.5, 0.6) is 0 Å². The smallest absolute Gasteiger partial charge is 0.335 e. The summed E-state index contributed by atoms with van der Waals surface area (Å²) in [5, 5.41) is 9.57. The van der Waals surface area contributed by atoms with E-state index in [1.807, 2.05) is 6.92 Å². The molecule has 1 aromatic carbocycles. The number of hydrogen-bond donors (Lipinski definition) is 2. The monoisotopic (exact) mass is 326 g/mol. The second kappa shape index (κ2) is 5.92. The van der Waals surface area contributed by atoms with Crippen LogP contribution in [0, 0.1) is 6.92 Å². The van der Waals surface area contributed by atoms with Crippen molar-refractivity contribution in [3.63, 3.8) is 0 Å². The maximum atomic E-state index is 12.3. The van der Waals surface area contributed by atoms with Gasteiger partial charge in [0.25, 0.3) is 0 Å². The van der Waals surface area contributed by atoms with E-state index in [4.69, 9.17) is 5.11 Å². The number of thiazole rings is 1. The molecule has 1 atom stereocenters. The van der Waals surface area contributed by atoms with Crippen LogP contribution >= 0.6 is 11.3 Å². The summed E-state index contributed by atoms with van der Waals surface area (Å²) < 4.78 is 27.0. The van der Waals surface area contributed by atoms with Crippen LogP contribution in [0.4, 0.5) is 0 Å². The van der Waals surface area contributed by atoms with Crippen molar-refractivity contribution in [3.05, 3.63) is 45.9 Å². The molecule has 0 saturated heterocycles. The number of sulfonamides is 1. The van der Waals surface area contributed by atoms with E-state index in [9.17, 15) is 13.2 Å². The van der Waals surface area contributed by atoms with Crippen molar-refractivity contribution in [1.82, 2.24) is 9.71 Å². The number of carbonyl (C=O) groups is 1. The summed E-state index contributed by atoms with van der Waals surface area (Å²) >= 11 is 1.41. The van der Waals surface area contributed by atoms with Gasteiger partial charge in [-0.05, 0) is 32.0 Å². The highest BCUT2D eigenvalue weighted by Crippen LogP contribution is 2.21. The van der Waals surface area contributed by atoms with Crippen LogP contribution in [0.2, 0.25) is 0 Å². The van der Waals surface area contributed by atoms with E-state index >= 15 is 0 Å². The standard InChI is InChI=1S/C13H14N2O4S2/c1-8-7-14-12(20-8)9(2)15-21(18,19)11-5-3-4-10(6-11)13(16)17/h3-7,9,15H,1-2H3,(H,16,17). The fraction of sp³-hybridized carbons (Fsp3) is 0.231. The highest BCUT2D eigenvalue weighted by atomic mass is 32.2. The Morgan fingerprint density at radius 3 is 2.71 bits per heavy atom. The Kier molecular flexibility index (Phi) is 4.40. The number of rotatable bonds is 5. The summed E-state index contributed by atoms with van der Waals surface area (Å²) in [6.07, 6.45) is 1.68. The average Bonchev–Trinajstić information content (AvgIpc) is 2.85. The molecule has 6 nitrogen and oxygen atoms in total. The zero-order valence-electron chi connectivity index (χ0n) is 11.4. The molecule has 2 rings (SSSR count). The van der Waals surface area contributed by atoms with Crippen LogP contribution in [0.1, 0.15) is 33.2 Å². The molecular formula is C13H14N2O4S2. The number of benzene rings is 1. The highest BCUT2D eigenvalue weighted by Gasteiger charge is 2.21. The molecular weight excluding hydrogens is 312 g/mol. The van der Waals surface area contributed by atoms with Gasteiger partial charge in [-0.15, -0.1) is 11.3 Å². The maximum Gasteiger partial charge on any atom is 0.335 e. The number of aromatic carboxylic acids is 1. The first-order chi connectivity index (χ1) is 9.79. The molecule has 1 unspecified atom stereocenters. The summed E-state index contributed by atoms with van der Waals surface area (Å²) in [4.78, 5) is 15.9. The van der Waals surface area contributed by atoms with Crippen LogP contribution in [-0.2, 0) is 10.0 Å². The van der Waals surface area contributed by atoms with Gasteiger partial charge in [0, 0.05) is 11.1 Å². The van der Waals surface area contributed by atoms with Crippen molar-refractivity contribution in [2.24, 2.45) is 0 Å². The number of aromatic nitrogens is 1. The molecule has 1 heterocycles. The normalized spacial score (nSPS) is 13.0. The molecule has 0 aliphatic rings. The van der Waals surface area contributed by atoms with E-state index < -0.39 is 22.0 Å². The van der Waals surface area contributed by atoms with Crippen LogP contribution in [-0.4, -0.2) is 24.5 Å². The Morgan fingerprint density at radius 2 is 2.14 bits per heavy atom. The lowest BCUT2D eigenvalue weighted by atomic mass is 10.2. The number of carboxylic acids is 1. The zero-order valence-corrected chi connectivity index (χ0v) is 13.0. The summed E-state index contributed by atoms with van der Waals surface area (Å²) in [5.74, 6) is -1.17. The molecule has 2 aromatic rings. The number of aryl methyl sites for hydroxylation is 1. The Labute approximate surface area is 126 Å². The number of nitrogens with one attached hydrogen (secondary N) is 1. The first kappa shape index (κ1) is 15.6. The van der Waals surface area contributed by atoms with Crippen molar-refractivity contribution >= 4 is 27.3 Å². The van der Waals surface area contributed by atoms with Gasteiger partial charge >= 0.3 is 5.97 Å². The minimum absolute atomic E-state index is 0.0735. The van der Waals surface area contributed by atoms with Gasteiger partial charge in [-0.3, -0.25) is 0 Å². The lowest BCUT2D eigenvalue weighted by molar-refractivity contribution is 0.0696. The molecule has 1 aromatic heterocycles. The molecule has 0 aliphatic carbocycles. The van der Waals surface area contributed by atoms with E-state index in [1.165, 1.54) is 29.5 Å². The fourth-order valence-electron chi connectivity index (χ4n) is 1.72. The lowest BCUT2D eigenvalue weighted by Crippen LogP contribution is -2.27. The van der Waals surface area contributed by atoms with Crippen LogP contribution in [0.3, 0.4) is 0 Å². The van der Waals surface area contributed by atoms with Crippen LogP contribution < -0.4 is 4.72 Å². The van der Waals surface area contributed by atoms with Gasteiger partial charge < -0.3 is 5.11 Å². The third-order valence-electron chi connectivity index (χ3n) is 2.73. The Bertz CT molecular complexity index is 768. The van der Waals surface area contributed by atoms with Crippen molar-refractivity contribution < 1.29 is 18.3 Å². The molecule has 0 spiro atoms. The van der Waals surface area contributed by atoms with Crippen molar-refractivity contribution in [1.29, 1.82) is 0 Å². The minimum atomic E-state index is -3.80. The molecule has 0 radical (unpaired) electrons. The number of nitrogens with zero attached hydrogens (tertiary/aromatic N) is 1. The second-order valence-corrected chi connectivity index (χ2v) is 7.47. The minimum Gasteiger partial charge on any atom is -0.478 e. The predicted molar refractivity (Wildman–Crippen MR) is 79.0 cm³/mol. The average molecular weight is 326 g/mol. The first-order valence-electron chi connectivity index (χ1n) is 6.07. The largest absolute Gasteiger partial charge is 0.478 e. The maximum absolute atomic E-state index is 12.3. The summed E-state index contributed by atoms with van der Waals surface area (Å²) in [5.41, 5.74) is -0.0735.